The van der Waals surface area contributed by atoms with E-state index in [0.29, 0.717) is 39.5 Å². The van der Waals surface area contributed by atoms with E-state index in [4.69, 9.17) is 0 Å². The van der Waals surface area contributed by atoms with Crippen LogP contribution in [0, 0.1) is 5.82 Å². The second kappa shape index (κ2) is 9.53. The van der Waals surface area contributed by atoms with Crippen molar-refractivity contribution in [3.05, 3.63) is 87.4 Å². The van der Waals surface area contributed by atoms with Crippen LogP contribution < -0.4 is 0 Å². The average molecular weight is 535 g/mol. The first-order chi connectivity index (χ1) is 17.0. The van der Waals surface area contributed by atoms with Crippen molar-refractivity contribution in [3.8, 4) is 11.3 Å². The van der Waals surface area contributed by atoms with Crippen molar-refractivity contribution >= 4 is 27.5 Å². The van der Waals surface area contributed by atoms with Crippen LogP contribution in [0.15, 0.2) is 59.1 Å². The monoisotopic (exact) mass is 534 g/mol. The van der Waals surface area contributed by atoms with Crippen molar-refractivity contribution in [1.29, 1.82) is 0 Å². The average Bonchev–Trinajstić information content (AvgIpc) is 3.63. The number of amides is 1. The molecule has 1 atom stereocenters. The number of carbonyl (C=O) groups excluding carboxylic acids is 1. The van der Waals surface area contributed by atoms with Gasteiger partial charge in [-0.3, -0.25) is 4.79 Å². The molecule has 2 aromatic heterocycles. The van der Waals surface area contributed by atoms with Crippen LogP contribution in [0.25, 0.3) is 16.9 Å². The first kappa shape index (κ1) is 23.7. The second-order valence-electron chi connectivity index (χ2n) is 8.89. The van der Waals surface area contributed by atoms with Crippen molar-refractivity contribution in [1.82, 2.24) is 19.5 Å². The summed E-state index contributed by atoms with van der Waals surface area (Å²) in [6.07, 6.45) is 2.95. The number of benzene rings is 2. The third-order valence-corrected chi connectivity index (χ3v) is 7.23. The van der Waals surface area contributed by atoms with E-state index in [2.05, 4.69) is 45.1 Å². The lowest BCUT2D eigenvalue weighted by Gasteiger charge is -2.35. The molecule has 0 spiro atoms. The van der Waals surface area contributed by atoms with Crippen LogP contribution in [0.1, 0.15) is 72.9 Å². The van der Waals surface area contributed by atoms with E-state index in [1.54, 1.807) is 22.7 Å². The molecule has 7 heteroatoms. The first-order valence-electron chi connectivity index (χ1n) is 12.2. The quantitative estimate of drug-likeness (QED) is 0.285. The number of nitrogens with zero attached hydrogens (tertiary/aromatic N) is 4. The topological polar surface area (TPSA) is 50.5 Å². The third kappa shape index (κ3) is 4.38. The van der Waals surface area contributed by atoms with E-state index in [1.807, 2.05) is 36.9 Å². The number of hydrogen-bond donors (Lipinski definition) is 0. The first-order valence-corrected chi connectivity index (χ1v) is 13.0. The number of carbonyl (C=O) groups is 1. The molecular weight excluding hydrogens is 507 g/mol. The van der Waals surface area contributed by atoms with Gasteiger partial charge in [-0.15, -0.1) is 0 Å². The molecule has 2 aliphatic rings. The molecule has 35 heavy (non-hydrogen) atoms. The van der Waals surface area contributed by atoms with Gasteiger partial charge < -0.3 is 4.90 Å². The van der Waals surface area contributed by atoms with Crippen molar-refractivity contribution in [2.24, 2.45) is 0 Å². The molecule has 1 fully saturated rings. The lowest BCUT2D eigenvalue weighted by Crippen LogP contribution is -2.39. The fraction of sp³-hybridized carbons (Fsp3) is 0.321. The lowest BCUT2D eigenvalue weighted by atomic mass is 9.93. The summed E-state index contributed by atoms with van der Waals surface area (Å²) in [5, 5.41) is 4.67. The summed E-state index contributed by atoms with van der Waals surface area (Å²) in [6, 6.07) is 16.9. The standard InChI is InChI=1S/C26H22BrFN4O.C2H6/c1-15-19-5-3-2-4-16(19)10-11-31(15)26(33)23-13-24(17-6-7-17)32-25(29-23)14-22(30-32)20-9-8-18(27)12-21(20)28;1-2/h2-5,8-9,12-15,17H,6-7,10-11H2,1H3;1-2H3. The molecule has 4 aromatic rings. The Kier molecular flexibility index (Phi) is 6.45. The predicted molar refractivity (Wildman–Crippen MR) is 139 cm³/mol. The summed E-state index contributed by atoms with van der Waals surface area (Å²) < 4.78 is 17.0. The summed E-state index contributed by atoms with van der Waals surface area (Å²) >= 11 is 3.30. The number of aromatic nitrogens is 3. The van der Waals surface area contributed by atoms with E-state index in [-0.39, 0.29) is 17.8 Å². The molecule has 1 aliphatic carbocycles. The Morgan fingerprint density at radius 2 is 1.86 bits per heavy atom. The Balaban J connectivity index is 0.00000124. The normalized spacial score (nSPS) is 17.1. The minimum absolute atomic E-state index is 0.0119. The molecule has 1 aliphatic heterocycles. The Morgan fingerprint density at radius 3 is 2.60 bits per heavy atom. The third-order valence-electron chi connectivity index (χ3n) is 6.73. The molecule has 2 aromatic carbocycles. The molecule has 1 saturated carbocycles. The molecule has 6 rings (SSSR count). The maximum Gasteiger partial charge on any atom is 0.273 e. The number of hydrogen-bond acceptors (Lipinski definition) is 3. The Labute approximate surface area is 213 Å². The van der Waals surface area contributed by atoms with E-state index < -0.39 is 0 Å². The van der Waals surface area contributed by atoms with Gasteiger partial charge in [0.2, 0.25) is 0 Å². The highest BCUT2D eigenvalue weighted by Gasteiger charge is 2.32. The predicted octanol–water partition coefficient (Wildman–Crippen LogP) is 6.96. The lowest BCUT2D eigenvalue weighted by molar-refractivity contribution is 0.0671. The minimum atomic E-state index is -0.349. The van der Waals surface area contributed by atoms with Gasteiger partial charge in [-0.05, 0) is 61.6 Å². The Morgan fingerprint density at radius 1 is 1.09 bits per heavy atom. The van der Waals surface area contributed by atoms with Crippen molar-refractivity contribution < 1.29 is 9.18 Å². The number of rotatable bonds is 3. The molecule has 0 bridgehead atoms. The maximum atomic E-state index is 14.6. The smallest absolute Gasteiger partial charge is 0.273 e. The Bertz CT molecular complexity index is 1410. The second-order valence-corrected chi connectivity index (χ2v) is 9.80. The summed E-state index contributed by atoms with van der Waals surface area (Å²) in [5.74, 6) is -0.0686. The van der Waals surface area contributed by atoms with Gasteiger partial charge in [0.25, 0.3) is 5.91 Å². The molecule has 180 valence electrons. The molecule has 5 nitrogen and oxygen atoms in total. The van der Waals surface area contributed by atoms with Crippen LogP contribution in [0.2, 0.25) is 0 Å². The highest BCUT2D eigenvalue weighted by molar-refractivity contribution is 9.10. The van der Waals surface area contributed by atoms with Crippen molar-refractivity contribution in [2.75, 3.05) is 6.54 Å². The van der Waals surface area contributed by atoms with Gasteiger partial charge >= 0.3 is 0 Å². The van der Waals surface area contributed by atoms with E-state index in [1.165, 1.54) is 17.2 Å². The van der Waals surface area contributed by atoms with Crippen LogP contribution in [-0.4, -0.2) is 31.9 Å². The van der Waals surface area contributed by atoms with Crippen LogP contribution in [0.5, 0.6) is 0 Å². The van der Waals surface area contributed by atoms with E-state index in [9.17, 15) is 9.18 Å². The minimum Gasteiger partial charge on any atom is -0.330 e. The fourth-order valence-electron chi connectivity index (χ4n) is 4.80. The van der Waals surface area contributed by atoms with Gasteiger partial charge in [0.15, 0.2) is 5.65 Å². The van der Waals surface area contributed by atoms with Gasteiger partial charge in [0.05, 0.1) is 11.7 Å². The molecule has 0 saturated heterocycles. The molecule has 3 heterocycles. The largest absolute Gasteiger partial charge is 0.330 e. The van der Waals surface area contributed by atoms with Crippen molar-refractivity contribution in [3.63, 3.8) is 0 Å². The van der Waals surface area contributed by atoms with Crippen LogP contribution in [-0.2, 0) is 6.42 Å². The molecular formula is C28H28BrFN4O. The van der Waals surface area contributed by atoms with Gasteiger partial charge in [-0.1, -0.05) is 54.0 Å². The fourth-order valence-corrected chi connectivity index (χ4v) is 5.14. The van der Waals surface area contributed by atoms with Gasteiger partial charge in [-0.2, -0.15) is 5.10 Å². The number of halogens is 2. The van der Waals surface area contributed by atoms with Crippen molar-refractivity contribution in [2.45, 2.75) is 52.0 Å². The summed E-state index contributed by atoms with van der Waals surface area (Å²) in [7, 11) is 0. The Hall–Kier alpha value is -3.06. The molecule has 0 N–H and O–H groups in total. The zero-order valence-corrected chi connectivity index (χ0v) is 21.7. The van der Waals surface area contributed by atoms with E-state index >= 15 is 0 Å². The van der Waals surface area contributed by atoms with Crippen LogP contribution >= 0.6 is 15.9 Å². The molecule has 0 radical (unpaired) electrons. The van der Waals surface area contributed by atoms with Gasteiger partial charge in [-0.25, -0.2) is 13.9 Å². The van der Waals surface area contributed by atoms with Gasteiger partial charge in [0.1, 0.15) is 11.5 Å². The summed E-state index contributed by atoms with van der Waals surface area (Å²) in [4.78, 5) is 20.2. The van der Waals surface area contributed by atoms with Crippen LogP contribution in [0.4, 0.5) is 4.39 Å². The summed E-state index contributed by atoms with van der Waals surface area (Å²) in [6.45, 7) is 6.74. The van der Waals surface area contributed by atoms with Crippen LogP contribution in [0.3, 0.4) is 0 Å². The zero-order valence-electron chi connectivity index (χ0n) is 20.1. The maximum absolute atomic E-state index is 14.6. The van der Waals surface area contributed by atoms with E-state index in [0.717, 1.165) is 25.0 Å². The number of fused-ring (bicyclic) bond motifs is 2. The van der Waals surface area contributed by atoms with Gasteiger partial charge in [0, 0.05) is 34.3 Å². The summed E-state index contributed by atoms with van der Waals surface area (Å²) in [5.41, 5.74) is 5.39. The molecule has 1 amide bonds. The molecule has 1 unspecified atom stereocenters. The highest BCUT2D eigenvalue weighted by Crippen LogP contribution is 2.41. The highest BCUT2D eigenvalue weighted by atomic mass is 79.9. The zero-order chi connectivity index (χ0) is 24.7. The SMILES string of the molecule is CC.CC1c2ccccc2CCN1C(=O)c1cc(C2CC2)n2nc(-c3ccc(Br)cc3F)cc2n1.